The zero-order valence-corrected chi connectivity index (χ0v) is 20.3. The maximum absolute atomic E-state index is 14.8. The molecule has 1 aromatic heterocycles. The van der Waals surface area contributed by atoms with Gasteiger partial charge in [-0.1, -0.05) is 22.8 Å². The number of rotatable bonds is 5. The number of carbonyl (C=O) groups excluding carboxylic acids is 1. The van der Waals surface area contributed by atoms with Crippen molar-refractivity contribution < 1.29 is 40.4 Å². The molecule has 4 rings (SSSR count). The Bertz CT molecular complexity index is 1520. The summed E-state index contributed by atoms with van der Waals surface area (Å²) in [6, 6.07) is 5.97. The van der Waals surface area contributed by atoms with Crippen LogP contribution in [0.1, 0.15) is 39.0 Å². The number of nitrogens with zero attached hydrogens (tertiary/aromatic N) is 4. The van der Waals surface area contributed by atoms with Gasteiger partial charge in [0.05, 0.1) is 40.7 Å². The fourth-order valence-corrected chi connectivity index (χ4v) is 4.19. The van der Waals surface area contributed by atoms with E-state index in [0.29, 0.717) is 11.3 Å². The molecule has 0 fully saturated rings. The Balaban J connectivity index is 1.64. The molecule has 7 nitrogen and oxygen atoms in total. The Morgan fingerprint density at radius 3 is 2.56 bits per heavy atom. The molecule has 1 atom stereocenters. The lowest BCUT2D eigenvalue weighted by atomic mass is 9.85. The second-order valence-corrected chi connectivity index (χ2v) is 8.92. The van der Waals surface area contributed by atoms with Gasteiger partial charge in [-0.2, -0.15) is 36.7 Å². The molecule has 3 aromatic rings. The summed E-state index contributed by atoms with van der Waals surface area (Å²) in [4.78, 5) is 17.3. The van der Waals surface area contributed by atoms with Crippen molar-refractivity contribution in [2.45, 2.75) is 37.8 Å². The molecular formula is C24H15ClF7N5O2. The van der Waals surface area contributed by atoms with Crippen LogP contribution in [0.25, 0.3) is 0 Å². The molecule has 0 unspecified atom stereocenters. The minimum absolute atomic E-state index is 0.00457. The van der Waals surface area contributed by atoms with E-state index in [1.165, 1.54) is 42.2 Å². The number of oxime groups is 1. The van der Waals surface area contributed by atoms with Crippen molar-refractivity contribution in [2.24, 2.45) is 5.16 Å². The molecule has 1 amide bonds. The maximum atomic E-state index is 14.8. The van der Waals surface area contributed by atoms with Gasteiger partial charge < -0.3 is 10.2 Å². The Kier molecular flexibility index (Phi) is 7.07. The van der Waals surface area contributed by atoms with Gasteiger partial charge in [-0.3, -0.25) is 9.48 Å². The monoisotopic (exact) mass is 573 g/mol. The molecule has 1 aliphatic heterocycles. The lowest BCUT2D eigenvalue weighted by molar-refractivity contribution is -0.276. The van der Waals surface area contributed by atoms with Gasteiger partial charge >= 0.3 is 12.4 Å². The van der Waals surface area contributed by atoms with Gasteiger partial charge in [0.2, 0.25) is 0 Å². The van der Waals surface area contributed by atoms with E-state index in [9.17, 15) is 35.5 Å². The fraction of sp³-hybridized carbons (Fsp3) is 0.250. The molecule has 0 bridgehead atoms. The van der Waals surface area contributed by atoms with Crippen molar-refractivity contribution in [1.29, 1.82) is 5.26 Å². The molecular weight excluding hydrogens is 559 g/mol. The topological polar surface area (TPSA) is 92.3 Å². The second kappa shape index (κ2) is 9.88. The molecule has 15 heteroatoms. The number of alkyl halides is 6. The highest BCUT2D eigenvalue weighted by Gasteiger charge is 2.64. The van der Waals surface area contributed by atoms with E-state index in [4.69, 9.17) is 16.9 Å². The number of hydrogen-bond acceptors (Lipinski definition) is 5. The first-order valence-electron chi connectivity index (χ1n) is 10.9. The third-order valence-corrected chi connectivity index (χ3v) is 6.18. The molecule has 0 saturated heterocycles. The standard InChI is InChI=1S/C24H15ClF7N5O2/c1-12-6-13(2-3-16(12)21(38)35-15-10-34-37(11-15)5-4-33)19-9-22(39-36-19,24(30,31)32)17-7-14(23(27,28)29)8-18(25)20(17)26/h2-3,6-8,10-11H,5,9H2,1H3,(H,35,38)/t22-/m0/s1. The summed E-state index contributed by atoms with van der Waals surface area (Å²) in [6.45, 7) is 1.46. The molecule has 1 aliphatic rings. The number of hydrogen-bond donors (Lipinski definition) is 1. The van der Waals surface area contributed by atoms with Crippen LogP contribution >= 0.6 is 11.6 Å². The van der Waals surface area contributed by atoms with Crippen molar-refractivity contribution in [3.05, 3.63) is 81.4 Å². The summed E-state index contributed by atoms with van der Waals surface area (Å²) >= 11 is 5.52. The number of anilines is 1. The first-order valence-corrected chi connectivity index (χ1v) is 11.2. The zero-order valence-electron chi connectivity index (χ0n) is 19.6. The highest BCUT2D eigenvalue weighted by atomic mass is 35.5. The molecule has 2 aromatic carbocycles. The van der Waals surface area contributed by atoms with E-state index in [1.54, 1.807) is 0 Å². The average molecular weight is 574 g/mol. The van der Waals surface area contributed by atoms with Gasteiger partial charge in [0, 0.05) is 17.3 Å². The summed E-state index contributed by atoms with van der Waals surface area (Å²) in [7, 11) is 0. The summed E-state index contributed by atoms with van der Waals surface area (Å²) < 4.78 is 98.7. The summed E-state index contributed by atoms with van der Waals surface area (Å²) in [5.74, 6) is -2.30. The van der Waals surface area contributed by atoms with Gasteiger partial charge in [-0.05, 0) is 42.3 Å². The quantitative estimate of drug-likeness (QED) is 0.360. The number of halogens is 8. The van der Waals surface area contributed by atoms with Gasteiger partial charge in [0.15, 0.2) is 0 Å². The van der Waals surface area contributed by atoms with Crippen molar-refractivity contribution in [2.75, 3.05) is 5.32 Å². The van der Waals surface area contributed by atoms with Crippen molar-refractivity contribution in [3.63, 3.8) is 0 Å². The third-order valence-electron chi connectivity index (χ3n) is 5.90. The summed E-state index contributed by atoms with van der Waals surface area (Å²) in [5.41, 5.74) is -6.15. The fourth-order valence-electron chi connectivity index (χ4n) is 3.97. The Hall–Kier alpha value is -4.12. The molecule has 0 aliphatic carbocycles. The molecule has 0 spiro atoms. The normalized spacial score (nSPS) is 17.4. The van der Waals surface area contributed by atoms with Crippen LogP contribution in [0.4, 0.5) is 36.4 Å². The van der Waals surface area contributed by atoms with Crippen LogP contribution in [0.15, 0.2) is 47.9 Å². The van der Waals surface area contributed by atoms with Crippen LogP contribution in [0.2, 0.25) is 5.02 Å². The molecule has 0 saturated carbocycles. The average Bonchev–Trinajstić information content (AvgIpc) is 3.48. The molecule has 1 N–H and O–H groups in total. The van der Waals surface area contributed by atoms with E-state index in [-0.39, 0.29) is 35.5 Å². The van der Waals surface area contributed by atoms with Crippen LogP contribution in [0, 0.1) is 24.1 Å². The minimum Gasteiger partial charge on any atom is -0.374 e. The first-order chi connectivity index (χ1) is 18.2. The van der Waals surface area contributed by atoms with Crippen molar-refractivity contribution >= 4 is 28.9 Å². The van der Waals surface area contributed by atoms with E-state index in [2.05, 4.69) is 20.4 Å². The SMILES string of the molecule is Cc1cc(C2=NO[C@@](c3cc(C(F)(F)F)cc(Cl)c3F)(C(F)(F)F)C2)ccc1C(=O)Nc1cnn(CC#N)c1. The van der Waals surface area contributed by atoms with Gasteiger partial charge in [0.25, 0.3) is 11.5 Å². The smallest absolute Gasteiger partial charge is 0.374 e. The van der Waals surface area contributed by atoms with E-state index in [1.807, 2.05) is 6.07 Å². The van der Waals surface area contributed by atoms with Crippen LogP contribution in [0.3, 0.4) is 0 Å². The van der Waals surface area contributed by atoms with E-state index < -0.39 is 52.2 Å². The van der Waals surface area contributed by atoms with Crippen LogP contribution in [0.5, 0.6) is 0 Å². The molecule has 0 radical (unpaired) electrons. The van der Waals surface area contributed by atoms with E-state index >= 15 is 0 Å². The lowest BCUT2D eigenvalue weighted by Crippen LogP contribution is -2.43. The number of nitrogens with one attached hydrogen (secondary N) is 1. The maximum Gasteiger partial charge on any atom is 0.435 e. The first kappa shape index (κ1) is 27.9. The Morgan fingerprint density at radius 2 is 1.95 bits per heavy atom. The lowest BCUT2D eigenvalue weighted by Gasteiger charge is -2.30. The highest BCUT2D eigenvalue weighted by Crippen LogP contribution is 2.51. The van der Waals surface area contributed by atoms with E-state index in [0.717, 1.165) is 0 Å². The molecule has 39 heavy (non-hydrogen) atoms. The van der Waals surface area contributed by atoms with Gasteiger partial charge in [-0.25, -0.2) is 4.39 Å². The minimum atomic E-state index is -5.39. The predicted octanol–water partition coefficient (Wildman–Crippen LogP) is 6.36. The second-order valence-electron chi connectivity index (χ2n) is 8.52. The van der Waals surface area contributed by atoms with Gasteiger partial charge in [-0.15, -0.1) is 0 Å². The number of aromatic nitrogens is 2. The Labute approximate surface area is 220 Å². The van der Waals surface area contributed by atoms with Crippen LogP contribution in [-0.2, 0) is 23.2 Å². The largest absolute Gasteiger partial charge is 0.435 e. The highest BCUT2D eigenvalue weighted by molar-refractivity contribution is 6.30. The van der Waals surface area contributed by atoms with Crippen molar-refractivity contribution in [3.8, 4) is 6.07 Å². The predicted molar refractivity (Wildman–Crippen MR) is 123 cm³/mol. The molecule has 2 heterocycles. The number of nitriles is 1. The number of carbonyl (C=O) groups is 1. The van der Waals surface area contributed by atoms with Crippen LogP contribution < -0.4 is 5.32 Å². The van der Waals surface area contributed by atoms with Crippen molar-refractivity contribution in [1.82, 2.24) is 9.78 Å². The molecule has 204 valence electrons. The number of amides is 1. The van der Waals surface area contributed by atoms with Crippen LogP contribution in [-0.4, -0.2) is 27.6 Å². The zero-order chi connectivity index (χ0) is 28.8. The summed E-state index contributed by atoms with van der Waals surface area (Å²) in [6.07, 6.45) is -8.92. The number of benzene rings is 2. The summed E-state index contributed by atoms with van der Waals surface area (Å²) in [5, 5.41) is 17.4. The van der Waals surface area contributed by atoms with Gasteiger partial charge in [0.1, 0.15) is 12.4 Å². The third kappa shape index (κ3) is 5.26. The number of aryl methyl sites for hydroxylation is 1. The Morgan fingerprint density at radius 1 is 1.23 bits per heavy atom.